The van der Waals surface area contributed by atoms with Gasteiger partial charge >= 0.3 is 0 Å². The second-order valence-electron chi connectivity index (χ2n) is 8.14. The molecule has 7 heteroatoms. The Morgan fingerprint density at radius 2 is 1.97 bits per heavy atom. The normalized spacial score (nSPS) is 20.1. The number of nitrogens with zero attached hydrogens (tertiary/aromatic N) is 2. The Labute approximate surface area is 170 Å². The summed E-state index contributed by atoms with van der Waals surface area (Å²) in [6.07, 6.45) is 2.51. The van der Waals surface area contributed by atoms with Crippen LogP contribution in [-0.4, -0.2) is 40.6 Å². The Bertz CT molecular complexity index is 908. The number of carbonyl (C=O) groups is 2. The molecule has 1 spiro atoms. The summed E-state index contributed by atoms with van der Waals surface area (Å²) in [7, 11) is 0. The van der Waals surface area contributed by atoms with E-state index in [4.69, 9.17) is 9.26 Å². The maximum atomic E-state index is 12.8. The number of nitrogens with one attached hydrogen (secondary N) is 1. The minimum absolute atomic E-state index is 0.0473. The molecule has 1 unspecified atom stereocenters. The molecule has 2 aliphatic heterocycles. The van der Waals surface area contributed by atoms with E-state index in [9.17, 15) is 9.59 Å². The van der Waals surface area contributed by atoms with Crippen LogP contribution >= 0.6 is 0 Å². The fraction of sp³-hybridized carbons (Fsp3) is 0.500. The number of rotatable bonds is 3. The number of hydrogen-bond donors (Lipinski definition) is 1. The van der Waals surface area contributed by atoms with Crippen molar-refractivity contribution in [2.45, 2.75) is 58.1 Å². The van der Waals surface area contributed by atoms with E-state index in [0.717, 1.165) is 41.8 Å². The summed E-state index contributed by atoms with van der Waals surface area (Å²) in [4.78, 5) is 26.4. The van der Waals surface area contributed by atoms with E-state index < -0.39 is 0 Å². The van der Waals surface area contributed by atoms with Crippen molar-refractivity contribution in [1.82, 2.24) is 15.4 Å². The molecule has 1 N–H and O–H groups in total. The molecule has 29 heavy (non-hydrogen) atoms. The molecule has 0 saturated carbocycles. The van der Waals surface area contributed by atoms with Gasteiger partial charge in [-0.3, -0.25) is 9.59 Å². The van der Waals surface area contributed by atoms with Crippen LogP contribution in [-0.2, 0) is 16.0 Å². The summed E-state index contributed by atoms with van der Waals surface area (Å²) >= 11 is 0. The zero-order valence-electron chi connectivity index (χ0n) is 17.2. The predicted molar refractivity (Wildman–Crippen MR) is 106 cm³/mol. The molecule has 1 aromatic heterocycles. The molecule has 0 aliphatic carbocycles. The van der Waals surface area contributed by atoms with Crippen molar-refractivity contribution in [1.29, 1.82) is 0 Å². The highest BCUT2D eigenvalue weighted by molar-refractivity contribution is 5.79. The van der Waals surface area contributed by atoms with Crippen LogP contribution in [0.15, 0.2) is 28.8 Å². The van der Waals surface area contributed by atoms with Gasteiger partial charge in [-0.05, 0) is 19.9 Å². The number of aromatic nitrogens is 1. The van der Waals surface area contributed by atoms with Gasteiger partial charge in [-0.2, -0.15) is 0 Å². The van der Waals surface area contributed by atoms with E-state index in [1.807, 2.05) is 43.0 Å². The molecule has 2 amide bonds. The van der Waals surface area contributed by atoms with Gasteiger partial charge < -0.3 is 19.5 Å². The van der Waals surface area contributed by atoms with Gasteiger partial charge in [0.2, 0.25) is 11.8 Å². The maximum Gasteiger partial charge on any atom is 0.227 e. The van der Waals surface area contributed by atoms with Gasteiger partial charge in [0.25, 0.3) is 0 Å². The zero-order chi connectivity index (χ0) is 20.6. The molecule has 7 nitrogen and oxygen atoms in total. The lowest BCUT2D eigenvalue weighted by molar-refractivity contribution is -0.134. The van der Waals surface area contributed by atoms with Crippen LogP contribution in [0.1, 0.15) is 54.8 Å². The van der Waals surface area contributed by atoms with Crippen LogP contribution in [0.3, 0.4) is 0 Å². The SMILES string of the molecule is CC(=O)NC1CC2(CCN(C(=O)Cc3c(C)noc3C)CC2)Oc2ccccc21. The molecule has 1 aromatic carbocycles. The van der Waals surface area contributed by atoms with Gasteiger partial charge in [0, 0.05) is 50.4 Å². The third kappa shape index (κ3) is 3.86. The summed E-state index contributed by atoms with van der Waals surface area (Å²) in [5.41, 5.74) is 2.31. The lowest BCUT2D eigenvalue weighted by Crippen LogP contribution is -2.53. The standard InChI is InChI=1S/C22H27N3O4/c1-14-18(15(2)29-24-14)12-21(27)25-10-8-22(9-11-25)13-19(23-16(3)26)17-6-4-5-7-20(17)28-22/h4-7,19H,8-13H2,1-3H3,(H,23,26). The third-order valence-electron chi connectivity index (χ3n) is 6.11. The molecule has 154 valence electrons. The van der Waals surface area contributed by atoms with Crippen molar-refractivity contribution in [3.05, 3.63) is 46.8 Å². The Hall–Kier alpha value is -2.83. The van der Waals surface area contributed by atoms with E-state index in [2.05, 4.69) is 10.5 Å². The molecular weight excluding hydrogens is 370 g/mol. The molecule has 1 fully saturated rings. The van der Waals surface area contributed by atoms with E-state index in [-0.39, 0.29) is 23.5 Å². The summed E-state index contributed by atoms with van der Waals surface area (Å²) in [6.45, 7) is 6.51. The maximum absolute atomic E-state index is 12.8. The summed E-state index contributed by atoms with van der Waals surface area (Å²) in [5, 5.41) is 7.00. The molecular formula is C22H27N3O4. The number of para-hydroxylation sites is 1. The Morgan fingerprint density at radius 3 is 2.62 bits per heavy atom. The molecule has 1 atom stereocenters. The number of aryl methyl sites for hydroxylation is 2. The van der Waals surface area contributed by atoms with Gasteiger partial charge in [-0.15, -0.1) is 0 Å². The van der Waals surface area contributed by atoms with Gasteiger partial charge in [-0.1, -0.05) is 23.4 Å². The number of carbonyl (C=O) groups excluding carboxylic acids is 2. The number of hydrogen-bond acceptors (Lipinski definition) is 5. The molecule has 3 heterocycles. The highest BCUT2D eigenvalue weighted by Gasteiger charge is 2.44. The number of likely N-dealkylation sites (tertiary alicyclic amines) is 1. The largest absolute Gasteiger partial charge is 0.487 e. The molecule has 0 radical (unpaired) electrons. The molecule has 2 aromatic rings. The first-order chi connectivity index (χ1) is 13.9. The first-order valence-electron chi connectivity index (χ1n) is 10.1. The van der Waals surface area contributed by atoms with Crippen LogP contribution in [0.5, 0.6) is 5.75 Å². The lowest BCUT2D eigenvalue weighted by Gasteiger charge is -2.47. The summed E-state index contributed by atoms with van der Waals surface area (Å²) in [6, 6.07) is 7.81. The number of fused-ring (bicyclic) bond motifs is 1. The van der Waals surface area contributed by atoms with Crippen LogP contribution in [0, 0.1) is 13.8 Å². The predicted octanol–water partition coefficient (Wildman–Crippen LogP) is 2.86. The third-order valence-corrected chi connectivity index (χ3v) is 6.11. The van der Waals surface area contributed by atoms with Crippen molar-refractivity contribution >= 4 is 11.8 Å². The first-order valence-corrected chi connectivity index (χ1v) is 10.1. The number of amides is 2. The van der Waals surface area contributed by atoms with E-state index >= 15 is 0 Å². The number of benzene rings is 1. The quantitative estimate of drug-likeness (QED) is 0.861. The Morgan fingerprint density at radius 1 is 1.24 bits per heavy atom. The van der Waals surface area contributed by atoms with Gasteiger partial charge in [0.15, 0.2) is 0 Å². The van der Waals surface area contributed by atoms with Crippen LogP contribution in [0.4, 0.5) is 0 Å². The second kappa shape index (κ2) is 7.54. The highest BCUT2D eigenvalue weighted by atomic mass is 16.5. The minimum atomic E-state index is -0.360. The van der Waals surface area contributed by atoms with Crippen molar-refractivity contribution in [3.8, 4) is 5.75 Å². The van der Waals surface area contributed by atoms with Crippen LogP contribution < -0.4 is 10.1 Å². The monoisotopic (exact) mass is 397 g/mol. The fourth-order valence-electron chi connectivity index (χ4n) is 4.48. The van der Waals surface area contributed by atoms with Crippen molar-refractivity contribution in [3.63, 3.8) is 0 Å². The van der Waals surface area contributed by atoms with E-state index in [1.54, 1.807) is 6.92 Å². The highest BCUT2D eigenvalue weighted by Crippen LogP contribution is 2.44. The van der Waals surface area contributed by atoms with E-state index in [0.29, 0.717) is 25.3 Å². The molecule has 1 saturated heterocycles. The molecule has 0 bridgehead atoms. The van der Waals surface area contributed by atoms with Gasteiger partial charge in [0.1, 0.15) is 17.1 Å². The number of ether oxygens (including phenoxy) is 1. The summed E-state index contributed by atoms with van der Waals surface area (Å²) in [5.74, 6) is 1.57. The fourth-order valence-corrected chi connectivity index (χ4v) is 4.48. The van der Waals surface area contributed by atoms with Crippen molar-refractivity contribution in [2.24, 2.45) is 0 Å². The average Bonchev–Trinajstić information content (AvgIpc) is 3.00. The Kier molecular flexibility index (Phi) is 5.06. The summed E-state index contributed by atoms with van der Waals surface area (Å²) < 4.78 is 11.6. The van der Waals surface area contributed by atoms with Gasteiger partial charge in [0.05, 0.1) is 18.2 Å². The minimum Gasteiger partial charge on any atom is -0.487 e. The zero-order valence-corrected chi connectivity index (χ0v) is 17.2. The van der Waals surface area contributed by atoms with Crippen molar-refractivity contribution in [2.75, 3.05) is 13.1 Å². The Balaban J connectivity index is 1.45. The van der Waals surface area contributed by atoms with Gasteiger partial charge in [-0.25, -0.2) is 0 Å². The smallest absolute Gasteiger partial charge is 0.227 e. The average molecular weight is 397 g/mol. The van der Waals surface area contributed by atoms with E-state index in [1.165, 1.54) is 0 Å². The number of piperidine rings is 1. The first kappa shape index (κ1) is 19.5. The molecule has 4 rings (SSSR count). The lowest BCUT2D eigenvalue weighted by atomic mass is 9.80. The topological polar surface area (TPSA) is 84.7 Å². The van der Waals surface area contributed by atoms with Crippen molar-refractivity contribution < 1.29 is 18.8 Å². The van der Waals surface area contributed by atoms with Crippen LogP contribution in [0.2, 0.25) is 0 Å². The molecule has 2 aliphatic rings. The second-order valence-corrected chi connectivity index (χ2v) is 8.14. The van der Waals surface area contributed by atoms with Crippen LogP contribution in [0.25, 0.3) is 0 Å².